The third-order valence-corrected chi connectivity index (χ3v) is 5.62. The van der Waals surface area contributed by atoms with Crippen LogP contribution in [0.1, 0.15) is 18.4 Å². The number of hydrogen-bond donors (Lipinski definition) is 1. The van der Waals surface area contributed by atoms with E-state index in [1.165, 1.54) is 12.7 Å². The first-order valence-electron chi connectivity index (χ1n) is 8.94. The quantitative estimate of drug-likeness (QED) is 0.657. The number of benzene rings is 1. The van der Waals surface area contributed by atoms with Gasteiger partial charge in [0.1, 0.15) is 16.9 Å². The minimum Gasteiger partial charge on any atom is -0.352 e. The summed E-state index contributed by atoms with van der Waals surface area (Å²) in [6.07, 6.45) is -1.02. The molecule has 2 fully saturated rings. The van der Waals surface area contributed by atoms with Gasteiger partial charge in [-0.2, -0.15) is 13.2 Å². The van der Waals surface area contributed by atoms with Crippen LogP contribution in [-0.4, -0.2) is 52.1 Å². The summed E-state index contributed by atoms with van der Waals surface area (Å²) in [6.45, 7) is 3.60. The molecule has 142 valence electrons. The van der Waals surface area contributed by atoms with E-state index in [0.717, 1.165) is 44.7 Å². The molecule has 0 radical (unpaired) electrons. The van der Waals surface area contributed by atoms with Gasteiger partial charge >= 0.3 is 6.18 Å². The van der Waals surface area contributed by atoms with Crippen molar-refractivity contribution < 1.29 is 17.6 Å². The number of nitrogens with zero attached hydrogens (tertiary/aromatic N) is 4. The molecule has 1 unspecified atom stereocenters. The molecule has 0 saturated carbocycles. The highest BCUT2D eigenvalue weighted by molar-refractivity contribution is 6.06. The Labute approximate surface area is 152 Å². The van der Waals surface area contributed by atoms with Crippen LogP contribution < -0.4 is 4.90 Å². The number of alkyl halides is 3. The van der Waals surface area contributed by atoms with E-state index in [0.29, 0.717) is 22.9 Å². The summed E-state index contributed by atoms with van der Waals surface area (Å²) in [5.74, 6) is -0.690. The first-order chi connectivity index (χ1) is 12.9. The molecule has 0 aliphatic carbocycles. The van der Waals surface area contributed by atoms with E-state index in [1.54, 1.807) is 0 Å². The highest BCUT2D eigenvalue weighted by atomic mass is 19.4. The summed E-state index contributed by atoms with van der Waals surface area (Å²) in [4.78, 5) is 16.3. The molecule has 1 atom stereocenters. The molecule has 9 heteroatoms. The monoisotopic (exact) mass is 379 g/mol. The highest BCUT2D eigenvalue weighted by Gasteiger charge is 2.36. The van der Waals surface area contributed by atoms with Gasteiger partial charge in [-0.3, -0.25) is 4.90 Å². The maximum absolute atomic E-state index is 14.1. The predicted molar refractivity (Wildman–Crippen MR) is 93.2 cm³/mol. The van der Waals surface area contributed by atoms with Crippen LogP contribution in [-0.2, 0) is 6.18 Å². The molecule has 5 rings (SSSR count). The van der Waals surface area contributed by atoms with Crippen molar-refractivity contribution in [2.75, 3.05) is 31.1 Å². The Balaban J connectivity index is 1.66. The summed E-state index contributed by atoms with van der Waals surface area (Å²) in [5, 5.41) is 0.197. The van der Waals surface area contributed by atoms with Gasteiger partial charge in [-0.25, -0.2) is 14.4 Å². The third kappa shape index (κ3) is 2.63. The molecule has 1 N–H and O–H groups in total. The van der Waals surface area contributed by atoms with Crippen molar-refractivity contribution in [2.24, 2.45) is 0 Å². The van der Waals surface area contributed by atoms with Crippen LogP contribution in [0.3, 0.4) is 0 Å². The Morgan fingerprint density at radius 1 is 1.15 bits per heavy atom. The fourth-order valence-electron chi connectivity index (χ4n) is 4.31. The molecule has 5 nitrogen and oxygen atoms in total. The minimum atomic E-state index is -4.77. The zero-order valence-corrected chi connectivity index (χ0v) is 14.4. The van der Waals surface area contributed by atoms with Crippen LogP contribution in [0.5, 0.6) is 0 Å². The molecule has 3 aromatic rings. The first-order valence-corrected chi connectivity index (χ1v) is 8.94. The molecule has 2 aliphatic rings. The number of nitrogens with one attached hydrogen (secondary N) is 1. The first kappa shape index (κ1) is 16.7. The van der Waals surface area contributed by atoms with E-state index < -0.39 is 17.6 Å². The molecule has 0 spiro atoms. The third-order valence-electron chi connectivity index (χ3n) is 5.62. The van der Waals surface area contributed by atoms with Crippen LogP contribution in [0.15, 0.2) is 18.5 Å². The van der Waals surface area contributed by atoms with Gasteiger partial charge in [-0.15, -0.1) is 0 Å². The summed E-state index contributed by atoms with van der Waals surface area (Å²) in [7, 11) is 0. The van der Waals surface area contributed by atoms with Gasteiger partial charge in [0.05, 0.1) is 17.4 Å². The standard InChI is InChI=1S/C18H17F4N5/c19-13-7-14-11(6-12(13)18(20,21)22)15-16(24-9-23-15)17(25-14)27-5-4-26-3-1-2-10(26)8-27/h6-7,9-10H,1-5,8H2,(H,23,24). The normalized spacial score (nSPS) is 21.3. The molecular formula is C18H17F4N5. The molecule has 0 bridgehead atoms. The van der Waals surface area contributed by atoms with Crippen LogP contribution in [0.2, 0.25) is 0 Å². The van der Waals surface area contributed by atoms with Crippen LogP contribution in [0, 0.1) is 5.82 Å². The van der Waals surface area contributed by atoms with Crippen molar-refractivity contribution in [2.45, 2.75) is 25.1 Å². The number of hydrogen-bond acceptors (Lipinski definition) is 4. The predicted octanol–water partition coefficient (Wildman–Crippen LogP) is 3.55. The molecule has 0 amide bonds. The van der Waals surface area contributed by atoms with E-state index in [-0.39, 0.29) is 10.9 Å². The fraction of sp³-hybridized carbons (Fsp3) is 0.444. The summed E-state index contributed by atoms with van der Waals surface area (Å²) in [5.41, 5.74) is -0.139. The lowest BCUT2D eigenvalue weighted by atomic mass is 10.1. The minimum absolute atomic E-state index is 0.184. The second-order valence-corrected chi connectivity index (χ2v) is 7.19. The number of H-pyrrole nitrogens is 1. The van der Waals surface area contributed by atoms with Crippen LogP contribution in [0.4, 0.5) is 23.4 Å². The van der Waals surface area contributed by atoms with E-state index in [2.05, 4.69) is 24.8 Å². The van der Waals surface area contributed by atoms with Gasteiger partial charge in [0.15, 0.2) is 5.82 Å². The molecule has 2 aliphatic heterocycles. The van der Waals surface area contributed by atoms with Crippen molar-refractivity contribution in [3.63, 3.8) is 0 Å². The zero-order valence-electron chi connectivity index (χ0n) is 14.4. The Morgan fingerprint density at radius 2 is 2.00 bits per heavy atom. The Kier molecular flexibility index (Phi) is 3.59. The lowest BCUT2D eigenvalue weighted by Gasteiger charge is -2.38. The second-order valence-electron chi connectivity index (χ2n) is 7.19. The maximum atomic E-state index is 14.1. The molecule has 1 aromatic carbocycles. The number of rotatable bonds is 1. The van der Waals surface area contributed by atoms with Crippen LogP contribution >= 0.6 is 0 Å². The lowest BCUT2D eigenvalue weighted by molar-refractivity contribution is -0.139. The number of piperazine rings is 1. The Morgan fingerprint density at radius 3 is 2.81 bits per heavy atom. The van der Waals surface area contributed by atoms with E-state index >= 15 is 0 Å². The highest BCUT2D eigenvalue weighted by Crippen LogP contribution is 2.37. The SMILES string of the molecule is Fc1cc2nc(N3CCN4CCCC4C3)c3[nH]cnc3c2cc1C(F)(F)F. The van der Waals surface area contributed by atoms with Crippen molar-refractivity contribution in [3.8, 4) is 0 Å². The lowest BCUT2D eigenvalue weighted by Crippen LogP contribution is -2.50. The number of aromatic nitrogens is 3. The average molecular weight is 379 g/mol. The Hall–Kier alpha value is -2.42. The smallest absolute Gasteiger partial charge is 0.352 e. The van der Waals surface area contributed by atoms with Gasteiger partial charge in [0.25, 0.3) is 0 Å². The number of aromatic amines is 1. The fourth-order valence-corrected chi connectivity index (χ4v) is 4.31. The van der Waals surface area contributed by atoms with E-state index in [9.17, 15) is 17.6 Å². The summed E-state index contributed by atoms with van der Waals surface area (Å²) >= 11 is 0. The number of imidazole rings is 1. The van der Waals surface area contributed by atoms with Gasteiger partial charge in [-0.05, 0) is 25.5 Å². The zero-order chi connectivity index (χ0) is 18.8. The topological polar surface area (TPSA) is 48.1 Å². The molecule has 2 saturated heterocycles. The summed E-state index contributed by atoms with van der Waals surface area (Å²) in [6, 6.07) is 2.12. The molecule has 2 aromatic heterocycles. The van der Waals surface area contributed by atoms with E-state index in [1.807, 2.05) is 0 Å². The van der Waals surface area contributed by atoms with Crippen molar-refractivity contribution >= 4 is 27.8 Å². The van der Waals surface area contributed by atoms with Crippen molar-refractivity contribution in [3.05, 3.63) is 29.8 Å². The molecule has 4 heterocycles. The summed E-state index contributed by atoms with van der Waals surface area (Å²) < 4.78 is 53.4. The molecular weight excluding hydrogens is 362 g/mol. The number of anilines is 1. The van der Waals surface area contributed by atoms with E-state index in [4.69, 9.17) is 0 Å². The maximum Gasteiger partial charge on any atom is 0.419 e. The average Bonchev–Trinajstić information content (AvgIpc) is 3.28. The Bertz CT molecular complexity index is 1030. The van der Waals surface area contributed by atoms with Gasteiger partial charge in [-0.1, -0.05) is 0 Å². The number of halogens is 4. The number of pyridine rings is 1. The van der Waals surface area contributed by atoms with Crippen molar-refractivity contribution in [1.29, 1.82) is 0 Å². The van der Waals surface area contributed by atoms with Crippen LogP contribution in [0.25, 0.3) is 21.9 Å². The van der Waals surface area contributed by atoms with Gasteiger partial charge in [0, 0.05) is 37.1 Å². The van der Waals surface area contributed by atoms with Crippen molar-refractivity contribution in [1.82, 2.24) is 19.9 Å². The largest absolute Gasteiger partial charge is 0.419 e. The molecule has 27 heavy (non-hydrogen) atoms. The van der Waals surface area contributed by atoms with Gasteiger partial charge in [0.2, 0.25) is 0 Å². The van der Waals surface area contributed by atoms with Gasteiger partial charge < -0.3 is 9.88 Å². The number of fused-ring (bicyclic) bond motifs is 4. The second kappa shape index (κ2) is 5.79.